The Hall–Kier alpha value is -3.23. The van der Waals surface area contributed by atoms with E-state index in [1.54, 1.807) is 0 Å². The average Bonchev–Trinajstić information content (AvgIpc) is 2.54. The molecule has 0 aliphatic rings. The average molecular weight is 354 g/mol. The van der Waals surface area contributed by atoms with Crippen LogP contribution in [0.5, 0.6) is 11.5 Å². The monoisotopic (exact) mass is 354 g/mol. The number of carbonyl (C=O) groups is 2. The maximum atomic E-state index is 12.4. The molecule has 2 rings (SSSR count). The van der Waals surface area contributed by atoms with Crippen molar-refractivity contribution in [3.63, 3.8) is 0 Å². The Balaban J connectivity index is 2.35. The lowest BCUT2D eigenvalue weighted by Gasteiger charge is -2.15. The van der Waals surface area contributed by atoms with Crippen molar-refractivity contribution >= 4 is 17.5 Å². The van der Waals surface area contributed by atoms with E-state index in [2.05, 4.69) is 10.1 Å². The molecule has 0 unspecified atom stereocenters. The van der Waals surface area contributed by atoms with Gasteiger partial charge in [0, 0.05) is 5.56 Å². The highest BCUT2D eigenvalue weighted by Gasteiger charge is 2.32. The van der Waals surface area contributed by atoms with Crippen LogP contribution in [0.1, 0.15) is 20.7 Å². The van der Waals surface area contributed by atoms with Gasteiger partial charge in [-0.2, -0.15) is 0 Å². The number of primary amides is 1. The first-order valence-electron chi connectivity index (χ1n) is 6.85. The minimum atomic E-state index is -4.91. The van der Waals surface area contributed by atoms with Crippen LogP contribution in [0.3, 0.4) is 0 Å². The molecule has 3 N–H and O–H groups in total. The zero-order valence-corrected chi connectivity index (χ0v) is 12.9. The molecule has 132 valence electrons. The van der Waals surface area contributed by atoms with Crippen LogP contribution in [0.2, 0.25) is 0 Å². The van der Waals surface area contributed by atoms with Gasteiger partial charge in [0.25, 0.3) is 5.91 Å². The number of alkyl halides is 3. The molecule has 0 aliphatic heterocycles. The Morgan fingerprint density at radius 2 is 1.76 bits per heavy atom. The number of hydrogen-bond donors (Lipinski definition) is 2. The number of hydrogen-bond acceptors (Lipinski definition) is 4. The lowest BCUT2D eigenvalue weighted by atomic mass is 10.1. The van der Waals surface area contributed by atoms with E-state index in [1.165, 1.54) is 43.5 Å². The van der Waals surface area contributed by atoms with Crippen LogP contribution in [-0.4, -0.2) is 25.3 Å². The Morgan fingerprint density at radius 1 is 1.08 bits per heavy atom. The summed E-state index contributed by atoms with van der Waals surface area (Å²) in [5.74, 6) is -2.01. The zero-order chi connectivity index (χ0) is 18.6. The summed E-state index contributed by atoms with van der Waals surface area (Å²) in [6.07, 6.45) is -4.91. The van der Waals surface area contributed by atoms with E-state index in [0.717, 1.165) is 6.07 Å². The van der Waals surface area contributed by atoms with Gasteiger partial charge in [-0.15, -0.1) is 13.2 Å². The first-order valence-corrected chi connectivity index (χ1v) is 6.85. The summed E-state index contributed by atoms with van der Waals surface area (Å²) in [6, 6.07) is 8.94. The van der Waals surface area contributed by atoms with Gasteiger partial charge in [0.1, 0.15) is 5.75 Å². The van der Waals surface area contributed by atoms with Gasteiger partial charge < -0.3 is 20.5 Å². The number of halogens is 3. The molecule has 0 aliphatic carbocycles. The number of benzene rings is 2. The van der Waals surface area contributed by atoms with E-state index < -0.39 is 23.9 Å². The van der Waals surface area contributed by atoms with Gasteiger partial charge in [-0.1, -0.05) is 12.1 Å². The molecule has 0 atom stereocenters. The quantitative estimate of drug-likeness (QED) is 0.864. The van der Waals surface area contributed by atoms with E-state index in [1.807, 2.05) is 0 Å². The van der Waals surface area contributed by atoms with Gasteiger partial charge in [0.15, 0.2) is 5.75 Å². The van der Waals surface area contributed by atoms with Crippen molar-refractivity contribution in [1.82, 2.24) is 0 Å². The van der Waals surface area contributed by atoms with Gasteiger partial charge in [-0.05, 0) is 30.3 Å². The van der Waals surface area contributed by atoms with Crippen LogP contribution in [0.25, 0.3) is 0 Å². The molecule has 0 saturated heterocycles. The SMILES string of the molecule is COc1ccc(C(N)=O)cc1C(=O)Nc1ccccc1OC(F)(F)F. The fourth-order valence-corrected chi connectivity index (χ4v) is 2.01. The van der Waals surface area contributed by atoms with Crippen molar-refractivity contribution < 1.29 is 32.2 Å². The molecule has 0 heterocycles. The molecule has 2 aromatic carbocycles. The Labute approximate surface area is 140 Å². The number of ether oxygens (including phenoxy) is 2. The van der Waals surface area contributed by atoms with Crippen molar-refractivity contribution in [2.24, 2.45) is 5.73 Å². The van der Waals surface area contributed by atoms with Crippen LogP contribution in [0.15, 0.2) is 42.5 Å². The molecule has 0 bridgehead atoms. The summed E-state index contributed by atoms with van der Waals surface area (Å²) in [5, 5.41) is 2.29. The number of amides is 2. The van der Waals surface area contributed by atoms with E-state index >= 15 is 0 Å². The Kier molecular flexibility index (Phi) is 5.16. The summed E-state index contributed by atoms with van der Waals surface area (Å²) < 4.78 is 46.2. The lowest BCUT2D eigenvalue weighted by molar-refractivity contribution is -0.274. The third kappa shape index (κ3) is 4.63. The van der Waals surface area contributed by atoms with Gasteiger partial charge in [0.05, 0.1) is 18.4 Å². The van der Waals surface area contributed by atoms with Crippen molar-refractivity contribution in [2.45, 2.75) is 6.36 Å². The summed E-state index contributed by atoms with van der Waals surface area (Å²) in [6.45, 7) is 0. The van der Waals surface area contributed by atoms with E-state index in [-0.39, 0.29) is 22.6 Å². The van der Waals surface area contributed by atoms with Crippen molar-refractivity contribution in [3.8, 4) is 11.5 Å². The molecule has 2 amide bonds. The predicted octanol–water partition coefficient (Wildman–Crippen LogP) is 2.95. The molecule has 25 heavy (non-hydrogen) atoms. The molecule has 6 nitrogen and oxygen atoms in total. The first-order chi connectivity index (χ1) is 11.7. The largest absolute Gasteiger partial charge is 0.573 e. The number of para-hydroxylation sites is 2. The lowest BCUT2D eigenvalue weighted by Crippen LogP contribution is -2.20. The van der Waals surface area contributed by atoms with Crippen molar-refractivity contribution in [3.05, 3.63) is 53.6 Å². The smallest absolute Gasteiger partial charge is 0.496 e. The van der Waals surface area contributed by atoms with Crippen molar-refractivity contribution in [2.75, 3.05) is 12.4 Å². The zero-order valence-electron chi connectivity index (χ0n) is 12.9. The minimum Gasteiger partial charge on any atom is -0.496 e. The topological polar surface area (TPSA) is 90.7 Å². The first kappa shape index (κ1) is 18.1. The van der Waals surface area contributed by atoms with E-state index in [9.17, 15) is 22.8 Å². The second-order valence-electron chi connectivity index (χ2n) is 4.78. The highest BCUT2D eigenvalue weighted by Crippen LogP contribution is 2.31. The van der Waals surface area contributed by atoms with Gasteiger partial charge in [0.2, 0.25) is 5.91 Å². The van der Waals surface area contributed by atoms with E-state index in [4.69, 9.17) is 10.5 Å². The fraction of sp³-hybridized carbons (Fsp3) is 0.125. The minimum absolute atomic E-state index is 0.0470. The van der Waals surface area contributed by atoms with Gasteiger partial charge in [-0.25, -0.2) is 0 Å². The molecule has 0 aromatic heterocycles. The number of anilines is 1. The number of methoxy groups -OCH3 is 1. The predicted molar refractivity (Wildman–Crippen MR) is 82.6 cm³/mol. The van der Waals surface area contributed by atoms with Crippen LogP contribution in [0, 0.1) is 0 Å². The highest BCUT2D eigenvalue weighted by molar-refractivity contribution is 6.08. The number of carbonyl (C=O) groups excluding carboxylic acids is 2. The van der Waals surface area contributed by atoms with Crippen LogP contribution in [0.4, 0.5) is 18.9 Å². The standard InChI is InChI=1S/C16H13F3N2O4/c1-24-12-7-6-9(14(20)22)8-10(12)15(23)21-11-4-2-3-5-13(11)25-16(17,18)19/h2-8H,1H3,(H2,20,22)(H,21,23). The normalized spacial score (nSPS) is 10.9. The molecular formula is C16H13F3N2O4. The number of nitrogens with one attached hydrogen (secondary N) is 1. The van der Waals surface area contributed by atoms with Crippen LogP contribution >= 0.6 is 0 Å². The second-order valence-corrected chi connectivity index (χ2v) is 4.78. The van der Waals surface area contributed by atoms with Crippen LogP contribution < -0.4 is 20.5 Å². The molecule has 9 heteroatoms. The maximum Gasteiger partial charge on any atom is 0.573 e. The maximum absolute atomic E-state index is 12.4. The molecule has 2 aromatic rings. The third-order valence-corrected chi connectivity index (χ3v) is 3.09. The molecule has 0 radical (unpaired) electrons. The Bertz CT molecular complexity index is 806. The molecule has 0 spiro atoms. The fourth-order valence-electron chi connectivity index (χ4n) is 2.01. The molecule has 0 fully saturated rings. The van der Waals surface area contributed by atoms with Gasteiger partial charge >= 0.3 is 6.36 Å². The van der Waals surface area contributed by atoms with Gasteiger partial charge in [-0.3, -0.25) is 9.59 Å². The third-order valence-electron chi connectivity index (χ3n) is 3.09. The van der Waals surface area contributed by atoms with Crippen molar-refractivity contribution in [1.29, 1.82) is 0 Å². The summed E-state index contributed by atoms with van der Waals surface area (Å²) in [4.78, 5) is 23.7. The van der Waals surface area contributed by atoms with E-state index in [0.29, 0.717) is 0 Å². The summed E-state index contributed by atoms with van der Waals surface area (Å²) >= 11 is 0. The number of nitrogens with two attached hydrogens (primary N) is 1. The Morgan fingerprint density at radius 3 is 2.36 bits per heavy atom. The second kappa shape index (κ2) is 7.12. The summed E-state index contributed by atoms with van der Waals surface area (Å²) in [7, 11) is 1.30. The highest BCUT2D eigenvalue weighted by atomic mass is 19.4. The summed E-state index contributed by atoms with van der Waals surface area (Å²) in [5.41, 5.74) is 4.94. The molecular weight excluding hydrogens is 341 g/mol. The number of rotatable bonds is 5. The molecule has 0 saturated carbocycles. The van der Waals surface area contributed by atoms with Crippen LogP contribution in [-0.2, 0) is 0 Å².